The summed E-state index contributed by atoms with van der Waals surface area (Å²) in [6, 6.07) is 4.30. The molecule has 0 saturated heterocycles. The van der Waals surface area contributed by atoms with Gasteiger partial charge in [-0.25, -0.2) is 4.98 Å². The number of allylic oxidation sites excluding steroid dienone is 1. The molecule has 0 aliphatic heterocycles. The number of hydrogen-bond donors (Lipinski definition) is 0. The van der Waals surface area contributed by atoms with E-state index in [0.717, 1.165) is 12.3 Å². The molecule has 2 rings (SSSR count). The van der Waals surface area contributed by atoms with Crippen molar-refractivity contribution in [2.45, 2.75) is 27.3 Å². The second-order valence-electron chi connectivity index (χ2n) is 4.77. The Morgan fingerprint density at radius 3 is 2.45 bits per heavy atom. The van der Waals surface area contributed by atoms with Gasteiger partial charge in [-0.1, -0.05) is 23.8 Å². The second-order valence-corrected chi connectivity index (χ2v) is 4.77. The molecular formula is C16H21ClN2O. The maximum absolute atomic E-state index is 5.83. The maximum Gasteiger partial charge on any atom is 0.125 e. The van der Waals surface area contributed by atoms with Gasteiger partial charge >= 0.3 is 0 Å². The monoisotopic (exact) mass is 292 g/mol. The Morgan fingerprint density at radius 1 is 1.15 bits per heavy atom. The molecule has 0 N–H and O–H groups in total. The summed E-state index contributed by atoms with van der Waals surface area (Å²) in [6.07, 6.45) is 9.65. The zero-order chi connectivity index (χ0) is 13.7. The SMILES string of the molecule is Cc1cc(C)c(OCC=CCn2ccnc2)c(C)c1.Cl. The van der Waals surface area contributed by atoms with Gasteiger partial charge in [0.1, 0.15) is 12.4 Å². The van der Waals surface area contributed by atoms with Gasteiger partial charge in [0, 0.05) is 18.9 Å². The number of aryl methyl sites for hydroxylation is 3. The van der Waals surface area contributed by atoms with E-state index in [0.29, 0.717) is 6.61 Å². The molecule has 0 amide bonds. The Balaban J connectivity index is 0.00000200. The molecule has 0 spiro atoms. The first-order chi connectivity index (χ1) is 9.16. The molecule has 4 heteroatoms. The molecule has 0 aliphatic rings. The van der Waals surface area contributed by atoms with Gasteiger partial charge in [-0.05, 0) is 38.0 Å². The van der Waals surface area contributed by atoms with Gasteiger partial charge in [0.25, 0.3) is 0 Å². The Kier molecular flexibility index (Phi) is 6.32. The Bertz CT molecular complexity index is 539. The van der Waals surface area contributed by atoms with Crippen LogP contribution in [0, 0.1) is 20.8 Å². The normalized spacial score (nSPS) is 10.6. The van der Waals surface area contributed by atoms with E-state index >= 15 is 0 Å². The number of aromatic nitrogens is 2. The molecule has 3 nitrogen and oxygen atoms in total. The van der Waals surface area contributed by atoms with Crippen LogP contribution in [0.3, 0.4) is 0 Å². The molecule has 0 fully saturated rings. The van der Waals surface area contributed by atoms with Crippen LogP contribution in [-0.4, -0.2) is 16.2 Å². The lowest BCUT2D eigenvalue weighted by molar-refractivity contribution is 0.357. The van der Waals surface area contributed by atoms with Gasteiger partial charge in [0.2, 0.25) is 0 Å². The molecule has 1 aromatic carbocycles. The first-order valence-corrected chi connectivity index (χ1v) is 6.48. The van der Waals surface area contributed by atoms with Crippen molar-refractivity contribution in [2.24, 2.45) is 0 Å². The molecule has 0 aliphatic carbocycles. The number of halogens is 1. The molecule has 108 valence electrons. The summed E-state index contributed by atoms with van der Waals surface area (Å²) in [5, 5.41) is 0. The van der Waals surface area contributed by atoms with Crippen molar-refractivity contribution in [2.75, 3.05) is 6.61 Å². The van der Waals surface area contributed by atoms with Gasteiger partial charge in [-0.2, -0.15) is 0 Å². The van der Waals surface area contributed by atoms with Gasteiger partial charge in [0.15, 0.2) is 0 Å². The fourth-order valence-corrected chi connectivity index (χ4v) is 2.18. The summed E-state index contributed by atoms with van der Waals surface area (Å²) >= 11 is 0. The van der Waals surface area contributed by atoms with E-state index in [2.05, 4.69) is 44.0 Å². The molecule has 1 aromatic heterocycles. The summed E-state index contributed by atoms with van der Waals surface area (Å²) in [7, 11) is 0. The first-order valence-electron chi connectivity index (χ1n) is 6.48. The minimum atomic E-state index is 0. The Labute approximate surface area is 126 Å². The minimum absolute atomic E-state index is 0. The van der Waals surface area contributed by atoms with Gasteiger partial charge in [-0.3, -0.25) is 0 Å². The quantitative estimate of drug-likeness (QED) is 0.782. The highest BCUT2D eigenvalue weighted by Gasteiger charge is 2.03. The second kappa shape index (κ2) is 7.75. The zero-order valence-corrected chi connectivity index (χ0v) is 13.0. The number of ether oxygens (including phenoxy) is 1. The van der Waals surface area contributed by atoms with Crippen LogP contribution in [-0.2, 0) is 6.54 Å². The van der Waals surface area contributed by atoms with E-state index in [-0.39, 0.29) is 12.4 Å². The molecule has 0 atom stereocenters. The number of imidazole rings is 1. The number of rotatable bonds is 5. The molecule has 1 heterocycles. The summed E-state index contributed by atoms with van der Waals surface area (Å²) in [5.74, 6) is 0.998. The van der Waals surface area contributed by atoms with Crippen molar-refractivity contribution < 1.29 is 4.74 Å². The topological polar surface area (TPSA) is 27.1 Å². The smallest absolute Gasteiger partial charge is 0.125 e. The fraction of sp³-hybridized carbons (Fsp3) is 0.312. The minimum Gasteiger partial charge on any atom is -0.489 e. The van der Waals surface area contributed by atoms with Crippen molar-refractivity contribution in [1.29, 1.82) is 0 Å². The lowest BCUT2D eigenvalue weighted by atomic mass is 10.1. The molecule has 2 aromatic rings. The van der Waals surface area contributed by atoms with E-state index in [1.807, 2.05) is 16.8 Å². The van der Waals surface area contributed by atoms with E-state index in [9.17, 15) is 0 Å². The van der Waals surface area contributed by atoms with Crippen LogP contribution in [0.25, 0.3) is 0 Å². The van der Waals surface area contributed by atoms with Crippen molar-refractivity contribution in [3.8, 4) is 5.75 Å². The van der Waals surface area contributed by atoms with Crippen LogP contribution < -0.4 is 4.74 Å². The van der Waals surface area contributed by atoms with Crippen molar-refractivity contribution in [3.63, 3.8) is 0 Å². The van der Waals surface area contributed by atoms with Crippen molar-refractivity contribution >= 4 is 12.4 Å². The number of benzene rings is 1. The number of nitrogens with zero attached hydrogens (tertiary/aromatic N) is 2. The van der Waals surface area contributed by atoms with Crippen molar-refractivity contribution in [1.82, 2.24) is 9.55 Å². The van der Waals surface area contributed by atoms with E-state index in [1.54, 1.807) is 12.5 Å². The highest BCUT2D eigenvalue weighted by molar-refractivity contribution is 5.85. The molecule has 20 heavy (non-hydrogen) atoms. The summed E-state index contributed by atoms with van der Waals surface area (Å²) < 4.78 is 7.84. The summed E-state index contributed by atoms with van der Waals surface area (Å²) in [6.45, 7) is 7.71. The van der Waals surface area contributed by atoms with E-state index < -0.39 is 0 Å². The lowest BCUT2D eigenvalue weighted by Gasteiger charge is -2.11. The predicted molar refractivity (Wildman–Crippen MR) is 84.8 cm³/mol. The average molecular weight is 293 g/mol. The molecule has 0 unspecified atom stereocenters. The number of hydrogen-bond acceptors (Lipinski definition) is 2. The third-order valence-corrected chi connectivity index (χ3v) is 2.97. The van der Waals surface area contributed by atoms with E-state index in [1.165, 1.54) is 16.7 Å². The molecule has 0 radical (unpaired) electrons. The Morgan fingerprint density at radius 2 is 1.85 bits per heavy atom. The highest BCUT2D eigenvalue weighted by atomic mass is 35.5. The lowest BCUT2D eigenvalue weighted by Crippen LogP contribution is -1.99. The average Bonchev–Trinajstić information content (AvgIpc) is 2.84. The van der Waals surface area contributed by atoms with Crippen LogP contribution in [0.15, 0.2) is 43.0 Å². The van der Waals surface area contributed by atoms with Crippen molar-refractivity contribution in [3.05, 3.63) is 59.7 Å². The molecular weight excluding hydrogens is 272 g/mol. The van der Waals surface area contributed by atoms with Gasteiger partial charge < -0.3 is 9.30 Å². The van der Waals surface area contributed by atoms with Gasteiger partial charge in [-0.15, -0.1) is 12.4 Å². The largest absolute Gasteiger partial charge is 0.489 e. The first kappa shape index (κ1) is 16.3. The summed E-state index contributed by atoms with van der Waals surface area (Å²) in [4.78, 5) is 4.00. The summed E-state index contributed by atoms with van der Waals surface area (Å²) in [5.41, 5.74) is 3.67. The molecule has 0 saturated carbocycles. The maximum atomic E-state index is 5.83. The highest BCUT2D eigenvalue weighted by Crippen LogP contribution is 2.24. The fourth-order valence-electron chi connectivity index (χ4n) is 2.18. The van der Waals surface area contributed by atoms with Crippen LogP contribution >= 0.6 is 12.4 Å². The standard InChI is InChI=1S/C16H20N2O.ClH/c1-13-10-14(2)16(15(3)11-13)19-9-5-4-7-18-8-6-17-12-18;/h4-6,8,10-12H,7,9H2,1-3H3;1H. The van der Waals surface area contributed by atoms with E-state index in [4.69, 9.17) is 4.74 Å². The third kappa shape index (κ3) is 4.42. The van der Waals surface area contributed by atoms with Crippen LogP contribution in [0.5, 0.6) is 5.75 Å². The predicted octanol–water partition coefficient (Wildman–Crippen LogP) is 3.87. The van der Waals surface area contributed by atoms with Crippen LogP contribution in [0.4, 0.5) is 0 Å². The van der Waals surface area contributed by atoms with Gasteiger partial charge in [0.05, 0.1) is 6.33 Å². The Hall–Kier alpha value is -1.74. The molecule has 0 bridgehead atoms. The van der Waals surface area contributed by atoms with Crippen LogP contribution in [0.2, 0.25) is 0 Å². The third-order valence-electron chi connectivity index (χ3n) is 2.97. The zero-order valence-electron chi connectivity index (χ0n) is 12.2. The van der Waals surface area contributed by atoms with Crippen LogP contribution in [0.1, 0.15) is 16.7 Å².